The third kappa shape index (κ3) is 3.18. The maximum Gasteiger partial charge on any atom is 0.132 e. The number of halogens is 1. The molecule has 0 amide bonds. The lowest BCUT2D eigenvalue weighted by Crippen LogP contribution is -2.06. The van der Waals surface area contributed by atoms with Crippen LogP contribution in [0.5, 0.6) is 0 Å². The van der Waals surface area contributed by atoms with Crippen molar-refractivity contribution in [1.29, 1.82) is 0 Å². The average Bonchev–Trinajstić information content (AvgIpc) is 2.40. The summed E-state index contributed by atoms with van der Waals surface area (Å²) in [6.45, 7) is 1.84. The monoisotopic (exact) mass is 255 g/mol. The number of hydrogen-bond acceptors (Lipinski definition) is 2. The van der Waals surface area contributed by atoms with Gasteiger partial charge in [0.25, 0.3) is 0 Å². The van der Waals surface area contributed by atoms with Gasteiger partial charge in [0.15, 0.2) is 0 Å². The summed E-state index contributed by atoms with van der Waals surface area (Å²) in [5.41, 5.74) is 2.72. The molecule has 1 unspecified atom stereocenters. The number of nitrogens with zero attached hydrogens (tertiary/aromatic N) is 1. The first-order valence-electron chi connectivity index (χ1n) is 5.96. The number of rotatable bonds is 3. The van der Waals surface area contributed by atoms with E-state index in [9.17, 15) is 9.50 Å². The topological polar surface area (TPSA) is 33.1 Å². The minimum atomic E-state index is -0.816. The van der Waals surface area contributed by atoms with Crippen molar-refractivity contribution in [3.8, 4) is 23.6 Å². The highest BCUT2D eigenvalue weighted by atomic mass is 19.1. The summed E-state index contributed by atoms with van der Waals surface area (Å²) in [6.07, 6.45) is 6.24. The summed E-state index contributed by atoms with van der Waals surface area (Å²) >= 11 is 0. The van der Waals surface area contributed by atoms with Gasteiger partial charge in [-0.25, -0.2) is 4.39 Å². The lowest BCUT2D eigenvalue weighted by molar-refractivity contribution is 0.233. The molecule has 2 rings (SSSR count). The largest absolute Gasteiger partial charge is 0.380 e. The molecule has 1 atom stereocenters. The van der Waals surface area contributed by atoms with Crippen LogP contribution in [0.4, 0.5) is 4.39 Å². The predicted octanol–water partition coefficient (Wildman–Crippen LogP) is 2.73. The number of aliphatic hydroxyl groups excluding tert-OH is 1. The van der Waals surface area contributed by atoms with E-state index in [-0.39, 0.29) is 5.82 Å². The van der Waals surface area contributed by atoms with Gasteiger partial charge in [0.2, 0.25) is 0 Å². The molecule has 1 aromatic heterocycles. The van der Waals surface area contributed by atoms with Gasteiger partial charge in [-0.2, -0.15) is 0 Å². The second-order valence-corrected chi connectivity index (χ2v) is 4.42. The molecule has 19 heavy (non-hydrogen) atoms. The van der Waals surface area contributed by atoms with Gasteiger partial charge >= 0.3 is 0 Å². The molecule has 1 heterocycles. The van der Waals surface area contributed by atoms with Gasteiger partial charge in [-0.3, -0.25) is 4.98 Å². The molecule has 2 aromatic rings. The Morgan fingerprint density at radius 3 is 2.74 bits per heavy atom. The predicted molar refractivity (Wildman–Crippen MR) is 72.9 cm³/mol. The smallest absolute Gasteiger partial charge is 0.132 e. The molecule has 0 aliphatic rings. The van der Waals surface area contributed by atoms with Gasteiger partial charge in [-0.05, 0) is 36.2 Å². The molecular formula is C16H14FNO. The van der Waals surface area contributed by atoms with E-state index < -0.39 is 6.10 Å². The van der Waals surface area contributed by atoms with Crippen molar-refractivity contribution < 1.29 is 9.50 Å². The lowest BCUT2D eigenvalue weighted by atomic mass is 10.1. The van der Waals surface area contributed by atoms with Crippen LogP contribution in [-0.4, -0.2) is 16.2 Å². The number of aliphatic hydroxyl groups is 1. The van der Waals surface area contributed by atoms with Crippen LogP contribution in [0.15, 0.2) is 36.5 Å². The van der Waals surface area contributed by atoms with E-state index in [1.165, 1.54) is 6.07 Å². The highest BCUT2D eigenvalue weighted by molar-refractivity contribution is 5.60. The zero-order chi connectivity index (χ0) is 13.8. The average molecular weight is 255 g/mol. The molecule has 0 aliphatic heterocycles. The Kier molecular flexibility index (Phi) is 3.94. The Morgan fingerprint density at radius 2 is 2.16 bits per heavy atom. The van der Waals surface area contributed by atoms with E-state index in [0.29, 0.717) is 17.7 Å². The number of benzene rings is 1. The highest BCUT2D eigenvalue weighted by Crippen LogP contribution is 2.21. The van der Waals surface area contributed by atoms with Crippen LogP contribution in [0.2, 0.25) is 0 Å². The Labute approximate surface area is 111 Å². The molecule has 0 aliphatic carbocycles. The summed E-state index contributed by atoms with van der Waals surface area (Å²) in [5, 5.41) is 9.35. The molecule has 1 N–H and O–H groups in total. The second kappa shape index (κ2) is 5.64. The van der Waals surface area contributed by atoms with Crippen LogP contribution in [0.25, 0.3) is 11.3 Å². The van der Waals surface area contributed by atoms with Crippen LogP contribution in [0.1, 0.15) is 11.1 Å². The SMILES string of the molecule is C#CC(O)Cc1ccc(-c2ccc(C)cc2F)nc1. The lowest BCUT2D eigenvalue weighted by Gasteiger charge is -2.06. The van der Waals surface area contributed by atoms with Gasteiger partial charge in [0.05, 0.1) is 5.69 Å². The van der Waals surface area contributed by atoms with E-state index in [0.717, 1.165) is 11.1 Å². The fourth-order valence-corrected chi connectivity index (χ4v) is 1.81. The summed E-state index contributed by atoms with van der Waals surface area (Å²) in [7, 11) is 0. The first-order valence-corrected chi connectivity index (χ1v) is 5.96. The van der Waals surface area contributed by atoms with Crippen LogP contribution in [0.3, 0.4) is 0 Å². The highest BCUT2D eigenvalue weighted by Gasteiger charge is 2.07. The zero-order valence-corrected chi connectivity index (χ0v) is 10.6. The Bertz CT molecular complexity index is 614. The molecule has 3 heteroatoms. The van der Waals surface area contributed by atoms with E-state index >= 15 is 0 Å². The zero-order valence-electron chi connectivity index (χ0n) is 10.6. The van der Waals surface area contributed by atoms with Gasteiger partial charge in [0, 0.05) is 18.2 Å². The fraction of sp³-hybridized carbons (Fsp3) is 0.188. The van der Waals surface area contributed by atoms with Crippen molar-refractivity contribution in [3.05, 3.63) is 53.5 Å². The van der Waals surface area contributed by atoms with Crippen LogP contribution < -0.4 is 0 Å². The molecule has 0 saturated heterocycles. The summed E-state index contributed by atoms with van der Waals surface area (Å²) in [6, 6.07) is 8.56. The molecule has 1 aromatic carbocycles. The van der Waals surface area contributed by atoms with E-state index in [1.54, 1.807) is 24.4 Å². The van der Waals surface area contributed by atoms with Crippen molar-refractivity contribution in [3.63, 3.8) is 0 Å². The van der Waals surface area contributed by atoms with Crippen LogP contribution in [-0.2, 0) is 6.42 Å². The molecule has 0 radical (unpaired) electrons. The van der Waals surface area contributed by atoms with E-state index in [1.807, 2.05) is 13.0 Å². The Morgan fingerprint density at radius 1 is 1.37 bits per heavy atom. The molecule has 0 saturated carbocycles. The number of hydrogen-bond donors (Lipinski definition) is 1. The first kappa shape index (κ1) is 13.3. The second-order valence-electron chi connectivity index (χ2n) is 4.42. The number of terminal acetylenes is 1. The number of pyridine rings is 1. The first-order chi connectivity index (χ1) is 9.10. The third-order valence-corrected chi connectivity index (χ3v) is 2.85. The normalized spacial score (nSPS) is 11.9. The molecule has 2 nitrogen and oxygen atoms in total. The summed E-state index contributed by atoms with van der Waals surface area (Å²) in [5.74, 6) is 1.95. The van der Waals surface area contributed by atoms with Crippen molar-refractivity contribution in [2.75, 3.05) is 0 Å². The molecule has 96 valence electrons. The molecule has 0 spiro atoms. The molecule has 0 bridgehead atoms. The van der Waals surface area contributed by atoms with Gasteiger partial charge in [-0.15, -0.1) is 6.42 Å². The maximum absolute atomic E-state index is 13.8. The van der Waals surface area contributed by atoms with Crippen LogP contribution in [0, 0.1) is 25.1 Å². The van der Waals surface area contributed by atoms with Crippen molar-refractivity contribution in [2.24, 2.45) is 0 Å². The van der Waals surface area contributed by atoms with E-state index in [4.69, 9.17) is 6.42 Å². The fourth-order valence-electron chi connectivity index (χ4n) is 1.81. The minimum Gasteiger partial charge on any atom is -0.380 e. The third-order valence-electron chi connectivity index (χ3n) is 2.85. The molecule has 0 fully saturated rings. The minimum absolute atomic E-state index is 0.288. The standard InChI is InChI=1S/C16H14FNO/c1-3-13(19)9-12-5-7-16(18-10-12)14-6-4-11(2)8-15(14)17/h1,4-8,10,13,19H,9H2,2H3. The Hall–Kier alpha value is -2.18. The van der Waals surface area contributed by atoms with Gasteiger partial charge in [0.1, 0.15) is 11.9 Å². The number of aryl methyl sites for hydroxylation is 1. The summed E-state index contributed by atoms with van der Waals surface area (Å²) < 4.78 is 13.8. The quantitative estimate of drug-likeness (QED) is 0.855. The van der Waals surface area contributed by atoms with Gasteiger partial charge in [-0.1, -0.05) is 18.1 Å². The van der Waals surface area contributed by atoms with Crippen molar-refractivity contribution in [2.45, 2.75) is 19.4 Å². The molecular weight excluding hydrogens is 241 g/mol. The summed E-state index contributed by atoms with van der Waals surface area (Å²) in [4.78, 5) is 4.21. The maximum atomic E-state index is 13.8. The number of aromatic nitrogens is 1. The van der Waals surface area contributed by atoms with Crippen LogP contribution >= 0.6 is 0 Å². The van der Waals surface area contributed by atoms with Crippen molar-refractivity contribution in [1.82, 2.24) is 4.98 Å². The van der Waals surface area contributed by atoms with Gasteiger partial charge < -0.3 is 5.11 Å². The Balaban J connectivity index is 2.25. The van der Waals surface area contributed by atoms with Crippen molar-refractivity contribution >= 4 is 0 Å². The van der Waals surface area contributed by atoms with E-state index in [2.05, 4.69) is 10.9 Å².